The van der Waals surface area contributed by atoms with E-state index in [-0.39, 0.29) is 12.5 Å². The number of fused-ring (bicyclic) bond motifs is 1. The molecular weight excluding hydrogens is 502 g/mol. The minimum Gasteiger partial charge on any atom is -0.493 e. The molecule has 0 aliphatic carbocycles. The summed E-state index contributed by atoms with van der Waals surface area (Å²) < 4.78 is 19.6. The first-order valence-electron chi connectivity index (χ1n) is 13.8. The number of methoxy groups -OCH3 is 1. The Morgan fingerprint density at radius 3 is 2.65 bits per heavy atom. The molecule has 0 atom stereocenters. The summed E-state index contributed by atoms with van der Waals surface area (Å²) in [6.07, 6.45) is 6.39. The largest absolute Gasteiger partial charge is 0.493 e. The molecule has 0 aliphatic rings. The summed E-state index contributed by atoms with van der Waals surface area (Å²) in [4.78, 5) is 17.2. The van der Waals surface area contributed by atoms with Crippen molar-refractivity contribution < 1.29 is 19.0 Å². The summed E-state index contributed by atoms with van der Waals surface area (Å²) in [5, 5.41) is 2.97. The van der Waals surface area contributed by atoms with Crippen molar-refractivity contribution in [2.24, 2.45) is 0 Å². The molecule has 4 rings (SSSR count). The Kier molecular flexibility index (Phi) is 10.2. The fourth-order valence-electron chi connectivity index (χ4n) is 4.60. The summed E-state index contributed by atoms with van der Waals surface area (Å²) >= 11 is 0. The van der Waals surface area contributed by atoms with Crippen LogP contribution in [-0.2, 0) is 17.8 Å². The van der Waals surface area contributed by atoms with Gasteiger partial charge in [0.25, 0.3) is 5.91 Å². The van der Waals surface area contributed by atoms with E-state index in [4.69, 9.17) is 19.2 Å². The molecule has 1 N–H and O–H groups in total. The minimum atomic E-state index is -0.124. The van der Waals surface area contributed by atoms with Gasteiger partial charge in [-0.3, -0.25) is 4.79 Å². The maximum absolute atomic E-state index is 12.3. The Labute approximate surface area is 236 Å². The van der Waals surface area contributed by atoms with Gasteiger partial charge in [0.05, 0.1) is 24.8 Å². The molecule has 40 heavy (non-hydrogen) atoms. The number of imidazole rings is 1. The van der Waals surface area contributed by atoms with Gasteiger partial charge >= 0.3 is 0 Å². The van der Waals surface area contributed by atoms with Crippen LogP contribution in [0.15, 0.2) is 66.7 Å². The van der Waals surface area contributed by atoms with Crippen LogP contribution >= 0.6 is 0 Å². The summed E-state index contributed by atoms with van der Waals surface area (Å²) in [7, 11) is 1.66. The molecule has 0 bridgehead atoms. The van der Waals surface area contributed by atoms with E-state index >= 15 is 0 Å². The van der Waals surface area contributed by atoms with Gasteiger partial charge in [-0.05, 0) is 80.6 Å². The molecule has 1 aromatic heterocycles. The Balaban J connectivity index is 1.28. The van der Waals surface area contributed by atoms with E-state index in [9.17, 15) is 4.79 Å². The lowest BCUT2D eigenvalue weighted by Crippen LogP contribution is -2.30. The number of hydrogen-bond acceptors (Lipinski definition) is 5. The summed E-state index contributed by atoms with van der Waals surface area (Å²) in [6.45, 7) is 7.88. The van der Waals surface area contributed by atoms with Gasteiger partial charge in [0.1, 0.15) is 11.6 Å². The normalized spacial score (nSPS) is 11.2. The van der Waals surface area contributed by atoms with Crippen molar-refractivity contribution >= 4 is 23.0 Å². The van der Waals surface area contributed by atoms with Crippen LogP contribution in [0.4, 0.5) is 0 Å². The number of carbonyl (C=O) groups is 1. The van der Waals surface area contributed by atoms with Crippen LogP contribution in [0.3, 0.4) is 0 Å². The van der Waals surface area contributed by atoms with Crippen LogP contribution in [0, 0.1) is 13.8 Å². The summed E-state index contributed by atoms with van der Waals surface area (Å²) in [5.41, 5.74) is 5.28. The molecule has 3 aromatic carbocycles. The van der Waals surface area contributed by atoms with Crippen LogP contribution in [-0.4, -0.2) is 42.3 Å². The predicted octanol–water partition coefficient (Wildman–Crippen LogP) is 6.29. The number of nitrogens with one attached hydrogen (secondary N) is 1. The lowest BCUT2D eigenvalue weighted by molar-refractivity contribution is -0.123. The average Bonchev–Trinajstić information content (AvgIpc) is 3.31. The highest BCUT2D eigenvalue weighted by molar-refractivity contribution is 5.77. The van der Waals surface area contributed by atoms with Crippen LogP contribution in [0.25, 0.3) is 17.1 Å². The van der Waals surface area contributed by atoms with Crippen molar-refractivity contribution in [2.75, 3.05) is 26.9 Å². The molecule has 0 radical (unpaired) electrons. The Bertz CT molecular complexity index is 1460. The quantitative estimate of drug-likeness (QED) is 0.190. The lowest BCUT2D eigenvalue weighted by Gasteiger charge is -2.13. The summed E-state index contributed by atoms with van der Waals surface area (Å²) in [6, 6.07) is 20.1. The first kappa shape index (κ1) is 28.7. The van der Waals surface area contributed by atoms with Gasteiger partial charge in [-0.2, -0.15) is 0 Å². The number of rotatable bonds is 14. The van der Waals surface area contributed by atoms with Gasteiger partial charge in [-0.1, -0.05) is 42.5 Å². The number of benzene rings is 3. The van der Waals surface area contributed by atoms with Crippen molar-refractivity contribution in [2.45, 2.75) is 46.6 Å². The fraction of sp³-hybridized carbons (Fsp3) is 0.333. The van der Waals surface area contributed by atoms with Crippen molar-refractivity contribution in [1.29, 1.82) is 0 Å². The number of amides is 1. The maximum Gasteiger partial charge on any atom is 0.257 e. The van der Waals surface area contributed by atoms with E-state index in [0.29, 0.717) is 13.2 Å². The highest BCUT2D eigenvalue weighted by atomic mass is 16.5. The van der Waals surface area contributed by atoms with Crippen molar-refractivity contribution in [1.82, 2.24) is 14.9 Å². The third-order valence-electron chi connectivity index (χ3n) is 6.67. The Morgan fingerprint density at radius 2 is 1.82 bits per heavy atom. The van der Waals surface area contributed by atoms with Crippen LogP contribution in [0.1, 0.15) is 42.3 Å². The molecule has 0 spiro atoms. The van der Waals surface area contributed by atoms with Gasteiger partial charge in [-0.15, -0.1) is 0 Å². The number of ether oxygens (including phenoxy) is 3. The second kappa shape index (κ2) is 14.2. The number of para-hydroxylation sites is 2. The molecule has 7 nitrogen and oxygen atoms in total. The van der Waals surface area contributed by atoms with Crippen molar-refractivity contribution in [3.63, 3.8) is 0 Å². The molecule has 210 valence electrons. The van der Waals surface area contributed by atoms with E-state index in [0.717, 1.165) is 76.6 Å². The van der Waals surface area contributed by atoms with Crippen LogP contribution < -0.4 is 19.5 Å². The van der Waals surface area contributed by atoms with E-state index in [1.54, 1.807) is 7.11 Å². The standard InChI is InChI=1S/C33H39N3O4/c1-5-10-26-16-17-29(31(22-26)38-4)39-20-9-19-36-28-12-7-6-11-27(28)35-32(36)13-8-18-34-33(37)23-40-30-21-24(2)14-15-25(30)3/h5-7,10-12,14-17,21-22H,8-9,13,18-20,23H2,1-4H3,(H,34,37)/b10-5+. The third-order valence-corrected chi connectivity index (χ3v) is 6.67. The van der Waals surface area contributed by atoms with Crippen LogP contribution in [0.5, 0.6) is 17.2 Å². The highest BCUT2D eigenvalue weighted by Gasteiger charge is 2.12. The molecule has 7 heteroatoms. The zero-order valence-corrected chi connectivity index (χ0v) is 23.9. The van der Waals surface area contributed by atoms with E-state index in [1.807, 2.05) is 87.5 Å². The molecule has 1 amide bonds. The van der Waals surface area contributed by atoms with Gasteiger partial charge in [0.2, 0.25) is 0 Å². The molecule has 0 saturated heterocycles. The van der Waals surface area contributed by atoms with E-state index in [1.165, 1.54) is 0 Å². The zero-order chi connectivity index (χ0) is 28.3. The van der Waals surface area contributed by atoms with Crippen molar-refractivity contribution in [3.05, 3.63) is 89.3 Å². The maximum atomic E-state index is 12.3. The topological polar surface area (TPSA) is 74.6 Å². The number of carbonyl (C=O) groups excluding carboxylic acids is 1. The van der Waals surface area contributed by atoms with Crippen LogP contribution in [0.2, 0.25) is 0 Å². The lowest BCUT2D eigenvalue weighted by atomic mass is 10.1. The second-order valence-electron chi connectivity index (χ2n) is 9.79. The minimum absolute atomic E-state index is 0.00558. The number of aromatic nitrogens is 2. The first-order chi connectivity index (χ1) is 19.5. The number of allylic oxidation sites excluding steroid dienone is 1. The van der Waals surface area contributed by atoms with Gasteiger partial charge < -0.3 is 24.1 Å². The molecule has 0 aliphatic heterocycles. The second-order valence-corrected chi connectivity index (χ2v) is 9.79. The smallest absolute Gasteiger partial charge is 0.257 e. The molecule has 0 unspecified atom stereocenters. The zero-order valence-electron chi connectivity index (χ0n) is 23.9. The van der Waals surface area contributed by atoms with E-state index < -0.39 is 0 Å². The number of aryl methyl sites for hydroxylation is 4. The SMILES string of the molecule is C/C=C/c1ccc(OCCCn2c(CCCNC(=O)COc3cc(C)ccc3C)nc3ccccc32)c(OC)c1. The number of nitrogens with zero attached hydrogens (tertiary/aromatic N) is 2. The highest BCUT2D eigenvalue weighted by Crippen LogP contribution is 2.29. The Hall–Kier alpha value is -4.26. The fourth-order valence-corrected chi connectivity index (χ4v) is 4.60. The first-order valence-corrected chi connectivity index (χ1v) is 13.8. The predicted molar refractivity (Wildman–Crippen MR) is 160 cm³/mol. The van der Waals surface area contributed by atoms with Gasteiger partial charge in [0.15, 0.2) is 18.1 Å². The molecule has 4 aromatic rings. The summed E-state index contributed by atoms with van der Waals surface area (Å²) in [5.74, 6) is 3.10. The van der Waals surface area contributed by atoms with Crippen molar-refractivity contribution in [3.8, 4) is 17.2 Å². The Morgan fingerprint density at radius 1 is 0.975 bits per heavy atom. The van der Waals surface area contributed by atoms with Gasteiger partial charge in [0, 0.05) is 19.5 Å². The monoisotopic (exact) mass is 541 g/mol. The average molecular weight is 542 g/mol. The van der Waals surface area contributed by atoms with Gasteiger partial charge in [-0.25, -0.2) is 4.98 Å². The molecule has 0 fully saturated rings. The van der Waals surface area contributed by atoms with E-state index in [2.05, 4.69) is 16.0 Å². The molecule has 1 heterocycles. The third kappa shape index (κ3) is 7.65. The number of hydrogen-bond donors (Lipinski definition) is 1. The molecular formula is C33H39N3O4. The molecule has 0 saturated carbocycles.